The van der Waals surface area contributed by atoms with E-state index in [-0.39, 0.29) is 0 Å². The normalized spacial score (nSPS) is 46.0. The van der Waals surface area contributed by atoms with E-state index in [0.29, 0.717) is 0 Å². The van der Waals surface area contributed by atoms with Crippen LogP contribution in [0.4, 0.5) is 0 Å². The lowest BCUT2D eigenvalue weighted by atomic mass is 9.83. The van der Waals surface area contributed by atoms with Crippen LogP contribution in [-0.2, 0) is 0 Å². The van der Waals surface area contributed by atoms with Crippen LogP contribution in [0.5, 0.6) is 0 Å². The second-order valence-electron chi connectivity index (χ2n) is 3.01. The molecule has 56 valence electrons. The first-order valence-electron chi connectivity index (χ1n) is 3.27. The first kappa shape index (κ1) is 7.51. The summed E-state index contributed by atoms with van der Waals surface area (Å²) in [6.45, 7) is 3.15. The van der Waals surface area contributed by atoms with Crippen LogP contribution < -0.4 is 0 Å². The average molecular weight is 140 g/mol. The van der Waals surface area contributed by atoms with Crippen LogP contribution in [0.25, 0.3) is 0 Å². The highest BCUT2D eigenvalue weighted by molar-refractivity contribution is 5.26. The number of rotatable bonds is 0. The molecule has 2 unspecified atom stereocenters. The molecule has 0 radical (unpaired) electrons. The van der Waals surface area contributed by atoms with Crippen molar-refractivity contribution in [1.82, 2.24) is 0 Å². The summed E-state index contributed by atoms with van der Waals surface area (Å²) in [6, 6.07) is 0. The maximum Gasteiger partial charge on any atom is 0.112 e. The van der Waals surface area contributed by atoms with Crippen molar-refractivity contribution in [3.63, 3.8) is 0 Å². The Kier molecular flexibility index (Phi) is 1.46. The van der Waals surface area contributed by atoms with Crippen molar-refractivity contribution in [3.05, 3.63) is 24.3 Å². The van der Waals surface area contributed by atoms with Crippen LogP contribution in [-0.4, -0.2) is 21.4 Å². The van der Waals surface area contributed by atoms with E-state index in [1.54, 1.807) is 38.2 Å². The van der Waals surface area contributed by atoms with Gasteiger partial charge in [0.1, 0.15) is 11.2 Å². The molecule has 0 spiro atoms. The Labute approximate surface area is 60.5 Å². The van der Waals surface area contributed by atoms with E-state index in [1.807, 2.05) is 0 Å². The minimum absolute atomic E-state index is 1.14. The zero-order chi connectivity index (χ0) is 7.83. The summed E-state index contributed by atoms with van der Waals surface area (Å²) in [5, 5.41) is 19.0. The largest absolute Gasteiger partial charge is 0.383 e. The summed E-state index contributed by atoms with van der Waals surface area (Å²) in [5.41, 5.74) is -2.27. The van der Waals surface area contributed by atoms with Crippen LogP contribution in [0, 0.1) is 0 Å². The molecule has 0 saturated carbocycles. The molecular formula is C8H12O2. The maximum atomic E-state index is 9.51. The molecule has 0 amide bonds. The van der Waals surface area contributed by atoms with Crippen molar-refractivity contribution in [2.24, 2.45) is 0 Å². The smallest absolute Gasteiger partial charge is 0.112 e. The van der Waals surface area contributed by atoms with Gasteiger partial charge in [-0.3, -0.25) is 0 Å². The van der Waals surface area contributed by atoms with E-state index < -0.39 is 11.2 Å². The molecule has 1 aliphatic carbocycles. The van der Waals surface area contributed by atoms with Gasteiger partial charge in [0, 0.05) is 0 Å². The second kappa shape index (κ2) is 1.94. The SMILES string of the molecule is CC1(O)C=CC=CC1(C)O. The Balaban J connectivity index is 2.96. The standard InChI is InChI=1S/C8H12O2/c1-7(9)5-3-4-6-8(7,2)10/h3-6,9-10H,1-2H3. The fraction of sp³-hybridized carbons (Fsp3) is 0.500. The molecule has 0 saturated heterocycles. The molecule has 10 heavy (non-hydrogen) atoms. The molecule has 2 atom stereocenters. The summed E-state index contributed by atoms with van der Waals surface area (Å²) >= 11 is 0. The second-order valence-corrected chi connectivity index (χ2v) is 3.01. The molecule has 2 N–H and O–H groups in total. The molecule has 0 aromatic heterocycles. The number of hydrogen-bond donors (Lipinski definition) is 2. The minimum Gasteiger partial charge on any atom is -0.383 e. The summed E-state index contributed by atoms with van der Waals surface area (Å²) in [7, 11) is 0. The van der Waals surface area contributed by atoms with E-state index in [2.05, 4.69) is 0 Å². The van der Waals surface area contributed by atoms with Crippen molar-refractivity contribution in [3.8, 4) is 0 Å². The number of allylic oxidation sites excluding steroid dienone is 2. The van der Waals surface area contributed by atoms with E-state index >= 15 is 0 Å². The molecule has 2 heteroatoms. The number of hydrogen-bond acceptors (Lipinski definition) is 2. The average Bonchev–Trinajstić information content (AvgIpc) is 1.77. The molecule has 0 heterocycles. The maximum absolute atomic E-state index is 9.51. The Morgan fingerprint density at radius 2 is 1.20 bits per heavy atom. The highest BCUT2D eigenvalue weighted by Crippen LogP contribution is 2.27. The highest BCUT2D eigenvalue weighted by atomic mass is 16.4. The van der Waals surface area contributed by atoms with Gasteiger partial charge >= 0.3 is 0 Å². The third-order valence-corrected chi connectivity index (χ3v) is 1.98. The molecular weight excluding hydrogens is 128 g/mol. The summed E-state index contributed by atoms with van der Waals surface area (Å²) < 4.78 is 0. The Hall–Kier alpha value is -0.600. The lowest BCUT2D eigenvalue weighted by molar-refractivity contribution is -0.0697. The zero-order valence-electron chi connectivity index (χ0n) is 6.20. The van der Waals surface area contributed by atoms with Gasteiger partial charge in [-0.05, 0) is 13.8 Å². The molecule has 1 aliphatic rings. The Morgan fingerprint density at radius 1 is 0.900 bits per heavy atom. The topological polar surface area (TPSA) is 40.5 Å². The number of aliphatic hydroxyl groups is 2. The van der Waals surface area contributed by atoms with Crippen LogP contribution in [0.3, 0.4) is 0 Å². The van der Waals surface area contributed by atoms with E-state index in [4.69, 9.17) is 0 Å². The Bertz CT molecular complexity index is 165. The van der Waals surface area contributed by atoms with Gasteiger partial charge in [-0.25, -0.2) is 0 Å². The van der Waals surface area contributed by atoms with Gasteiger partial charge < -0.3 is 10.2 Å². The fourth-order valence-corrected chi connectivity index (χ4v) is 0.823. The summed E-state index contributed by atoms with van der Waals surface area (Å²) in [6.07, 6.45) is 6.59. The third-order valence-electron chi connectivity index (χ3n) is 1.98. The lowest BCUT2D eigenvalue weighted by Crippen LogP contribution is -2.47. The van der Waals surface area contributed by atoms with Gasteiger partial charge in [-0.15, -0.1) is 0 Å². The predicted molar refractivity (Wildman–Crippen MR) is 39.5 cm³/mol. The molecule has 2 nitrogen and oxygen atoms in total. The zero-order valence-corrected chi connectivity index (χ0v) is 6.20. The quantitative estimate of drug-likeness (QED) is 0.517. The lowest BCUT2D eigenvalue weighted by Gasteiger charge is -2.35. The molecule has 0 bridgehead atoms. The van der Waals surface area contributed by atoms with Crippen molar-refractivity contribution in [2.75, 3.05) is 0 Å². The van der Waals surface area contributed by atoms with Crippen LogP contribution in [0.2, 0.25) is 0 Å². The van der Waals surface area contributed by atoms with Crippen molar-refractivity contribution in [2.45, 2.75) is 25.0 Å². The van der Waals surface area contributed by atoms with Gasteiger partial charge in [0.15, 0.2) is 0 Å². The highest BCUT2D eigenvalue weighted by Gasteiger charge is 2.38. The summed E-state index contributed by atoms with van der Waals surface area (Å²) in [5.74, 6) is 0. The minimum atomic E-state index is -1.14. The molecule has 0 aromatic rings. The van der Waals surface area contributed by atoms with Crippen LogP contribution in [0.1, 0.15) is 13.8 Å². The van der Waals surface area contributed by atoms with Crippen molar-refractivity contribution >= 4 is 0 Å². The van der Waals surface area contributed by atoms with E-state index in [1.165, 1.54) is 0 Å². The third kappa shape index (κ3) is 1.00. The van der Waals surface area contributed by atoms with Crippen LogP contribution in [0.15, 0.2) is 24.3 Å². The van der Waals surface area contributed by atoms with Crippen molar-refractivity contribution < 1.29 is 10.2 Å². The molecule has 1 rings (SSSR count). The van der Waals surface area contributed by atoms with Crippen molar-refractivity contribution in [1.29, 1.82) is 0 Å². The summed E-state index contributed by atoms with van der Waals surface area (Å²) in [4.78, 5) is 0. The van der Waals surface area contributed by atoms with Gasteiger partial charge in [-0.1, -0.05) is 24.3 Å². The molecule has 0 fully saturated rings. The van der Waals surface area contributed by atoms with Gasteiger partial charge in [0.2, 0.25) is 0 Å². The fourth-order valence-electron chi connectivity index (χ4n) is 0.823. The van der Waals surface area contributed by atoms with E-state index in [0.717, 1.165) is 0 Å². The monoisotopic (exact) mass is 140 g/mol. The Morgan fingerprint density at radius 3 is 1.40 bits per heavy atom. The van der Waals surface area contributed by atoms with Crippen LogP contribution >= 0.6 is 0 Å². The first-order valence-corrected chi connectivity index (χ1v) is 3.27. The van der Waals surface area contributed by atoms with Gasteiger partial charge in [-0.2, -0.15) is 0 Å². The van der Waals surface area contributed by atoms with Gasteiger partial charge in [0.05, 0.1) is 0 Å². The predicted octanol–water partition coefficient (Wildman–Crippen LogP) is 0.614. The van der Waals surface area contributed by atoms with E-state index in [9.17, 15) is 10.2 Å². The molecule has 0 aliphatic heterocycles. The molecule has 0 aromatic carbocycles. The van der Waals surface area contributed by atoms with Gasteiger partial charge in [0.25, 0.3) is 0 Å². The first-order chi connectivity index (χ1) is 4.46.